The Labute approximate surface area is 122 Å². The molecule has 19 heavy (non-hydrogen) atoms. The van der Waals surface area contributed by atoms with Crippen LogP contribution in [0.4, 0.5) is 0 Å². The van der Waals surface area contributed by atoms with E-state index in [-0.39, 0.29) is 5.41 Å². The van der Waals surface area contributed by atoms with Gasteiger partial charge in [0.05, 0.1) is 0 Å². The molecule has 1 aliphatic rings. The molecule has 1 saturated heterocycles. The summed E-state index contributed by atoms with van der Waals surface area (Å²) in [5, 5.41) is 0. The molecule has 108 valence electrons. The predicted octanol–water partition coefficient (Wildman–Crippen LogP) is 3.60. The van der Waals surface area contributed by atoms with E-state index in [1.165, 1.54) is 29.1 Å². The number of nitrogens with zero attached hydrogens (tertiary/aromatic N) is 1. The molecule has 2 heterocycles. The Morgan fingerprint density at radius 1 is 1.37 bits per heavy atom. The van der Waals surface area contributed by atoms with Crippen LogP contribution in [-0.2, 0) is 12.0 Å². The van der Waals surface area contributed by atoms with E-state index >= 15 is 0 Å². The molecule has 0 bridgehead atoms. The molecule has 0 aromatic carbocycles. The van der Waals surface area contributed by atoms with Crippen molar-refractivity contribution in [3.8, 4) is 0 Å². The van der Waals surface area contributed by atoms with Crippen molar-refractivity contribution in [3.05, 3.63) is 21.9 Å². The maximum atomic E-state index is 5.97. The van der Waals surface area contributed by atoms with E-state index in [1.54, 1.807) is 0 Å². The lowest BCUT2D eigenvalue weighted by atomic mass is 9.91. The third-order valence-electron chi connectivity index (χ3n) is 4.23. The van der Waals surface area contributed by atoms with Gasteiger partial charge in [-0.25, -0.2) is 0 Å². The smallest absolute Gasteiger partial charge is 0.0331 e. The van der Waals surface area contributed by atoms with Gasteiger partial charge in [-0.3, -0.25) is 4.90 Å². The van der Waals surface area contributed by atoms with Gasteiger partial charge in [0, 0.05) is 28.9 Å². The molecule has 1 aromatic heterocycles. The van der Waals surface area contributed by atoms with Crippen molar-refractivity contribution < 1.29 is 0 Å². The monoisotopic (exact) mass is 280 g/mol. The van der Waals surface area contributed by atoms with E-state index in [1.807, 2.05) is 11.3 Å². The van der Waals surface area contributed by atoms with Gasteiger partial charge in [0.1, 0.15) is 0 Å². The van der Waals surface area contributed by atoms with Gasteiger partial charge in [0.25, 0.3) is 0 Å². The van der Waals surface area contributed by atoms with Gasteiger partial charge in [-0.15, -0.1) is 11.3 Å². The van der Waals surface area contributed by atoms with E-state index in [0.29, 0.717) is 6.04 Å². The molecular weight excluding hydrogens is 252 g/mol. The molecule has 0 spiro atoms. The second kappa shape index (κ2) is 5.94. The van der Waals surface area contributed by atoms with Crippen molar-refractivity contribution in [2.75, 3.05) is 13.1 Å². The second-order valence-electron chi connectivity index (χ2n) is 6.91. The summed E-state index contributed by atoms with van der Waals surface area (Å²) in [5.41, 5.74) is 6.24. The zero-order valence-electron chi connectivity index (χ0n) is 12.8. The Balaban J connectivity index is 2.05. The SMILES string of the molecule is CC1CCCN(Cc2ccc(C(C)(C)C)s2)C1CN. The average molecular weight is 280 g/mol. The predicted molar refractivity (Wildman–Crippen MR) is 84.7 cm³/mol. The molecule has 0 radical (unpaired) electrons. The standard InChI is InChI=1S/C16H28N2S/c1-12-6-5-9-18(14(12)10-17)11-13-7-8-15(19-13)16(2,3)4/h7-8,12,14H,5-6,9-11,17H2,1-4H3. The minimum Gasteiger partial charge on any atom is -0.329 e. The van der Waals surface area contributed by atoms with Crippen LogP contribution in [-0.4, -0.2) is 24.0 Å². The molecule has 1 aromatic rings. The van der Waals surface area contributed by atoms with Gasteiger partial charge in [-0.2, -0.15) is 0 Å². The molecule has 1 aliphatic heterocycles. The van der Waals surface area contributed by atoms with Crippen LogP contribution in [0.25, 0.3) is 0 Å². The third-order valence-corrected chi connectivity index (χ3v) is 5.73. The number of hydrogen-bond donors (Lipinski definition) is 1. The molecule has 2 rings (SSSR count). The lowest BCUT2D eigenvalue weighted by molar-refractivity contribution is 0.100. The van der Waals surface area contributed by atoms with Crippen LogP contribution >= 0.6 is 11.3 Å². The Bertz CT molecular complexity index is 405. The van der Waals surface area contributed by atoms with Gasteiger partial charge in [-0.05, 0) is 42.9 Å². The first-order chi connectivity index (χ1) is 8.91. The number of nitrogens with two attached hydrogens (primary N) is 1. The molecular formula is C16H28N2S. The highest BCUT2D eigenvalue weighted by Gasteiger charge is 2.27. The number of hydrogen-bond acceptors (Lipinski definition) is 3. The fraction of sp³-hybridized carbons (Fsp3) is 0.750. The summed E-state index contributed by atoms with van der Waals surface area (Å²) < 4.78 is 0. The van der Waals surface area contributed by atoms with Crippen LogP contribution in [0.5, 0.6) is 0 Å². The summed E-state index contributed by atoms with van der Waals surface area (Å²) in [6.07, 6.45) is 2.64. The van der Waals surface area contributed by atoms with E-state index in [0.717, 1.165) is 19.0 Å². The highest BCUT2D eigenvalue weighted by atomic mass is 32.1. The molecule has 0 saturated carbocycles. The maximum absolute atomic E-state index is 5.97. The van der Waals surface area contributed by atoms with Gasteiger partial charge in [-0.1, -0.05) is 27.7 Å². The minimum atomic E-state index is 0.269. The molecule has 2 unspecified atom stereocenters. The fourth-order valence-corrected chi connectivity index (χ4v) is 4.07. The zero-order chi connectivity index (χ0) is 14.0. The van der Waals surface area contributed by atoms with Crippen LogP contribution in [0.2, 0.25) is 0 Å². The first kappa shape index (κ1) is 15.0. The van der Waals surface area contributed by atoms with Crippen LogP contribution in [0.3, 0.4) is 0 Å². The van der Waals surface area contributed by atoms with Crippen molar-refractivity contribution in [2.24, 2.45) is 11.7 Å². The summed E-state index contributed by atoms with van der Waals surface area (Å²) in [6, 6.07) is 5.16. The first-order valence-electron chi connectivity index (χ1n) is 7.45. The summed E-state index contributed by atoms with van der Waals surface area (Å²) in [4.78, 5) is 5.56. The zero-order valence-corrected chi connectivity index (χ0v) is 13.6. The molecule has 1 fully saturated rings. The van der Waals surface area contributed by atoms with Crippen LogP contribution in [0, 0.1) is 5.92 Å². The van der Waals surface area contributed by atoms with Gasteiger partial charge < -0.3 is 5.73 Å². The molecule has 0 aliphatic carbocycles. The van der Waals surface area contributed by atoms with Crippen molar-refractivity contribution in [1.29, 1.82) is 0 Å². The Kier molecular flexibility index (Phi) is 4.70. The van der Waals surface area contributed by atoms with Crippen molar-refractivity contribution >= 4 is 11.3 Å². The number of rotatable bonds is 3. The highest BCUT2D eigenvalue weighted by molar-refractivity contribution is 7.12. The summed E-state index contributed by atoms with van der Waals surface area (Å²) >= 11 is 1.96. The quantitative estimate of drug-likeness (QED) is 0.916. The first-order valence-corrected chi connectivity index (χ1v) is 8.27. The Morgan fingerprint density at radius 2 is 2.11 bits per heavy atom. The van der Waals surface area contributed by atoms with Crippen molar-refractivity contribution in [1.82, 2.24) is 4.90 Å². The summed E-state index contributed by atoms with van der Waals surface area (Å²) in [5.74, 6) is 0.737. The Hall–Kier alpha value is -0.380. The molecule has 2 atom stereocenters. The summed E-state index contributed by atoms with van der Waals surface area (Å²) in [6.45, 7) is 12.3. The second-order valence-corrected chi connectivity index (χ2v) is 8.08. The van der Waals surface area contributed by atoms with Gasteiger partial charge >= 0.3 is 0 Å². The molecule has 2 nitrogen and oxygen atoms in total. The van der Waals surface area contributed by atoms with E-state index in [4.69, 9.17) is 5.73 Å². The van der Waals surface area contributed by atoms with Gasteiger partial charge in [0.15, 0.2) is 0 Å². The third kappa shape index (κ3) is 3.59. The van der Waals surface area contributed by atoms with E-state index in [2.05, 4.69) is 44.7 Å². The van der Waals surface area contributed by atoms with Crippen LogP contribution in [0.1, 0.15) is 50.3 Å². The molecule has 3 heteroatoms. The molecule has 2 N–H and O–H groups in total. The molecule has 0 amide bonds. The number of thiophene rings is 1. The highest BCUT2D eigenvalue weighted by Crippen LogP contribution is 2.31. The minimum absolute atomic E-state index is 0.269. The number of likely N-dealkylation sites (tertiary alicyclic amines) is 1. The average Bonchev–Trinajstić information content (AvgIpc) is 2.77. The van der Waals surface area contributed by atoms with Gasteiger partial charge in [0.2, 0.25) is 0 Å². The Morgan fingerprint density at radius 3 is 2.68 bits per heavy atom. The van der Waals surface area contributed by atoms with E-state index < -0.39 is 0 Å². The lowest BCUT2D eigenvalue weighted by Gasteiger charge is -2.39. The normalized spacial score (nSPS) is 25.7. The van der Waals surface area contributed by atoms with E-state index in [9.17, 15) is 0 Å². The lowest BCUT2D eigenvalue weighted by Crippen LogP contribution is -2.47. The fourth-order valence-electron chi connectivity index (χ4n) is 2.98. The summed E-state index contributed by atoms with van der Waals surface area (Å²) in [7, 11) is 0. The van der Waals surface area contributed by atoms with Crippen molar-refractivity contribution in [3.63, 3.8) is 0 Å². The maximum Gasteiger partial charge on any atom is 0.0331 e. The number of piperidine rings is 1. The topological polar surface area (TPSA) is 29.3 Å². The van der Waals surface area contributed by atoms with Crippen molar-refractivity contribution in [2.45, 2.75) is 58.5 Å². The van der Waals surface area contributed by atoms with Crippen LogP contribution in [0.15, 0.2) is 12.1 Å². The largest absolute Gasteiger partial charge is 0.329 e. The van der Waals surface area contributed by atoms with Crippen LogP contribution < -0.4 is 5.73 Å².